The molecule has 1 heterocycles. The van der Waals surface area contributed by atoms with Gasteiger partial charge in [0.1, 0.15) is 6.04 Å². The minimum Gasteiger partial charge on any atom is -0.480 e. The highest BCUT2D eigenvalue weighted by molar-refractivity contribution is 7.14. The summed E-state index contributed by atoms with van der Waals surface area (Å²) in [5.41, 5.74) is -0.766. The molecule has 0 aliphatic heterocycles. The molecule has 0 bridgehead atoms. The Labute approximate surface area is 100 Å². The summed E-state index contributed by atoms with van der Waals surface area (Å²) >= 11 is 0.845. The zero-order chi connectivity index (χ0) is 13.2. The lowest BCUT2D eigenvalue weighted by Gasteiger charge is -2.17. The Bertz CT molecular complexity index is 401. The van der Waals surface area contributed by atoms with Crippen LogP contribution in [0, 0.1) is 5.92 Å². The molecule has 0 amide bonds. The molecule has 7 heteroatoms. The number of nitrogens with one attached hydrogen (secondary N) is 1. The number of alkyl halides is 3. The van der Waals surface area contributed by atoms with Gasteiger partial charge >= 0.3 is 12.1 Å². The lowest BCUT2D eigenvalue weighted by atomic mass is 10.1. The highest BCUT2D eigenvalue weighted by Gasteiger charge is 2.32. The maximum atomic E-state index is 12.3. The molecular weight excluding hydrogens is 255 g/mol. The summed E-state index contributed by atoms with van der Waals surface area (Å²) in [4.78, 5) is 10.9. The Morgan fingerprint density at radius 1 is 1.47 bits per heavy atom. The third-order valence-corrected chi connectivity index (χ3v) is 3.02. The van der Waals surface area contributed by atoms with Crippen molar-refractivity contribution >= 4 is 22.3 Å². The average molecular weight is 267 g/mol. The summed E-state index contributed by atoms with van der Waals surface area (Å²) < 4.78 is 37.0. The number of rotatable bonds is 4. The van der Waals surface area contributed by atoms with Gasteiger partial charge in [0.15, 0.2) is 0 Å². The van der Waals surface area contributed by atoms with Crippen LogP contribution in [0.5, 0.6) is 0 Å². The molecule has 2 N–H and O–H groups in total. The van der Waals surface area contributed by atoms with Crippen LogP contribution in [-0.2, 0) is 11.0 Å². The molecule has 3 nitrogen and oxygen atoms in total. The quantitative estimate of drug-likeness (QED) is 0.880. The van der Waals surface area contributed by atoms with Crippen molar-refractivity contribution in [1.82, 2.24) is 0 Å². The summed E-state index contributed by atoms with van der Waals surface area (Å²) in [6.45, 7) is 3.37. The van der Waals surface area contributed by atoms with Crippen molar-refractivity contribution in [2.45, 2.75) is 26.1 Å². The molecule has 1 atom stereocenters. The van der Waals surface area contributed by atoms with Gasteiger partial charge in [-0.25, -0.2) is 4.79 Å². The molecule has 0 saturated heterocycles. The van der Waals surface area contributed by atoms with Gasteiger partial charge in [0.05, 0.1) is 10.6 Å². The summed E-state index contributed by atoms with van der Waals surface area (Å²) in [7, 11) is 0. The van der Waals surface area contributed by atoms with E-state index >= 15 is 0 Å². The second kappa shape index (κ2) is 4.95. The molecule has 96 valence electrons. The molecule has 0 aliphatic rings. The van der Waals surface area contributed by atoms with E-state index in [0.29, 0.717) is 0 Å². The number of carboxylic acids is 1. The smallest absolute Gasteiger partial charge is 0.417 e. The Kier molecular flexibility index (Phi) is 4.03. The standard InChI is InChI=1S/C10H12F3NO2S/c1-5(2)8(9(15)16)14-7-3-6(4-17-7)10(11,12)13/h3-5,8,14H,1-2H3,(H,15,16). The van der Waals surface area contributed by atoms with Crippen LogP contribution in [0.25, 0.3) is 0 Å². The van der Waals surface area contributed by atoms with Crippen LogP contribution in [0.2, 0.25) is 0 Å². The van der Waals surface area contributed by atoms with Crippen LogP contribution in [0.1, 0.15) is 19.4 Å². The Balaban J connectivity index is 2.81. The van der Waals surface area contributed by atoms with Gasteiger partial charge in [-0.05, 0) is 12.0 Å². The third-order valence-electron chi connectivity index (χ3n) is 2.16. The SMILES string of the molecule is CC(C)C(Nc1cc(C(F)(F)F)cs1)C(=O)O. The Morgan fingerprint density at radius 3 is 2.41 bits per heavy atom. The predicted molar refractivity (Wildman–Crippen MR) is 59.2 cm³/mol. The van der Waals surface area contributed by atoms with Gasteiger partial charge < -0.3 is 10.4 Å². The van der Waals surface area contributed by atoms with Gasteiger partial charge in [0.25, 0.3) is 0 Å². The molecule has 0 fully saturated rings. The molecule has 0 saturated carbocycles. The topological polar surface area (TPSA) is 49.3 Å². The number of halogens is 3. The predicted octanol–water partition coefficient (Wildman–Crippen LogP) is 3.29. The first kappa shape index (κ1) is 13.8. The van der Waals surface area contributed by atoms with E-state index in [-0.39, 0.29) is 10.9 Å². The maximum absolute atomic E-state index is 12.3. The van der Waals surface area contributed by atoms with E-state index in [4.69, 9.17) is 5.11 Å². The molecule has 17 heavy (non-hydrogen) atoms. The van der Waals surface area contributed by atoms with E-state index in [9.17, 15) is 18.0 Å². The Morgan fingerprint density at radius 2 is 2.06 bits per heavy atom. The number of hydrogen-bond donors (Lipinski definition) is 2. The highest BCUT2D eigenvalue weighted by Crippen LogP contribution is 2.35. The lowest BCUT2D eigenvalue weighted by molar-refractivity contribution is -0.139. The summed E-state index contributed by atoms with van der Waals surface area (Å²) in [6.07, 6.45) is -4.40. The monoisotopic (exact) mass is 267 g/mol. The van der Waals surface area contributed by atoms with E-state index in [2.05, 4.69) is 5.32 Å². The van der Waals surface area contributed by atoms with E-state index in [1.165, 1.54) is 0 Å². The van der Waals surface area contributed by atoms with Crippen molar-refractivity contribution in [2.75, 3.05) is 5.32 Å². The fraction of sp³-hybridized carbons (Fsp3) is 0.500. The average Bonchev–Trinajstić information content (AvgIpc) is 2.60. The number of carboxylic acid groups (broad SMARTS) is 1. The van der Waals surface area contributed by atoms with Gasteiger partial charge in [-0.15, -0.1) is 11.3 Å². The van der Waals surface area contributed by atoms with Crippen molar-refractivity contribution < 1.29 is 23.1 Å². The number of aliphatic carboxylic acids is 1. The van der Waals surface area contributed by atoms with E-state index in [1.807, 2.05) is 0 Å². The normalized spacial score (nSPS) is 13.8. The van der Waals surface area contributed by atoms with Crippen molar-refractivity contribution in [1.29, 1.82) is 0 Å². The molecule has 1 aromatic rings. The maximum Gasteiger partial charge on any atom is 0.417 e. The van der Waals surface area contributed by atoms with Crippen LogP contribution >= 0.6 is 11.3 Å². The van der Waals surface area contributed by atoms with Gasteiger partial charge in [-0.3, -0.25) is 0 Å². The minimum atomic E-state index is -4.40. The zero-order valence-corrected chi connectivity index (χ0v) is 10.0. The number of carbonyl (C=O) groups is 1. The fourth-order valence-corrected chi connectivity index (χ4v) is 2.07. The van der Waals surface area contributed by atoms with Gasteiger partial charge in [-0.1, -0.05) is 13.8 Å². The van der Waals surface area contributed by atoms with Gasteiger partial charge in [0, 0.05) is 5.38 Å². The largest absolute Gasteiger partial charge is 0.480 e. The first-order valence-corrected chi connectivity index (χ1v) is 5.75. The first-order chi connectivity index (χ1) is 7.71. The number of thiophene rings is 1. The molecule has 1 aromatic heterocycles. The minimum absolute atomic E-state index is 0.207. The highest BCUT2D eigenvalue weighted by atomic mass is 32.1. The third kappa shape index (κ3) is 3.62. The van der Waals surface area contributed by atoms with Crippen LogP contribution in [0.4, 0.5) is 18.2 Å². The fourth-order valence-electron chi connectivity index (χ4n) is 1.23. The molecule has 0 spiro atoms. The molecular formula is C10H12F3NO2S. The molecule has 1 unspecified atom stereocenters. The molecule has 0 aromatic carbocycles. The lowest BCUT2D eigenvalue weighted by Crippen LogP contribution is -2.33. The van der Waals surface area contributed by atoms with E-state index in [1.54, 1.807) is 13.8 Å². The molecule has 0 radical (unpaired) electrons. The molecule has 0 aliphatic carbocycles. The van der Waals surface area contributed by atoms with Crippen molar-refractivity contribution in [3.05, 3.63) is 17.0 Å². The van der Waals surface area contributed by atoms with Crippen molar-refractivity contribution in [3.8, 4) is 0 Å². The van der Waals surface area contributed by atoms with Crippen LogP contribution in [0.3, 0.4) is 0 Å². The summed E-state index contributed by atoms with van der Waals surface area (Å²) in [5.74, 6) is -1.30. The second-order valence-corrected chi connectivity index (χ2v) is 4.81. The number of anilines is 1. The van der Waals surface area contributed by atoms with Crippen LogP contribution in [-0.4, -0.2) is 17.1 Å². The summed E-state index contributed by atoms with van der Waals surface area (Å²) in [5, 5.41) is 12.6. The zero-order valence-electron chi connectivity index (χ0n) is 9.21. The van der Waals surface area contributed by atoms with Crippen LogP contribution < -0.4 is 5.32 Å². The Hall–Kier alpha value is -1.24. The van der Waals surface area contributed by atoms with Crippen molar-refractivity contribution in [2.24, 2.45) is 5.92 Å². The van der Waals surface area contributed by atoms with E-state index in [0.717, 1.165) is 22.8 Å². The van der Waals surface area contributed by atoms with E-state index < -0.39 is 23.8 Å². The second-order valence-electron chi connectivity index (χ2n) is 3.90. The number of hydrogen-bond acceptors (Lipinski definition) is 3. The van der Waals surface area contributed by atoms with Gasteiger partial charge in [-0.2, -0.15) is 13.2 Å². The van der Waals surface area contributed by atoms with Crippen molar-refractivity contribution in [3.63, 3.8) is 0 Å². The first-order valence-electron chi connectivity index (χ1n) is 4.87. The van der Waals surface area contributed by atoms with Crippen LogP contribution in [0.15, 0.2) is 11.4 Å². The molecule has 1 rings (SSSR count). The summed E-state index contributed by atoms with van der Waals surface area (Å²) in [6, 6.07) is 0.0259. The van der Waals surface area contributed by atoms with Gasteiger partial charge in [0.2, 0.25) is 0 Å².